The van der Waals surface area contributed by atoms with Gasteiger partial charge in [-0.15, -0.1) is 0 Å². The molecular weight excluding hydrogens is 364 g/mol. The fourth-order valence-electron chi connectivity index (χ4n) is 3.65. The second-order valence-corrected chi connectivity index (χ2v) is 7.68. The van der Waals surface area contributed by atoms with E-state index in [1.54, 1.807) is 12.4 Å². The van der Waals surface area contributed by atoms with E-state index in [0.717, 1.165) is 50.2 Å². The fourth-order valence-corrected chi connectivity index (χ4v) is 3.65. The monoisotopic (exact) mass is 392 g/mol. The Morgan fingerprint density at radius 3 is 2.69 bits per heavy atom. The first-order chi connectivity index (χ1) is 14.2. The zero-order valence-corrected chi connectivity index (χ0v) is 16.9. The number of hydrogen-bond acceptors (Lipinski definition) is 5. The van der Waals surface area contributed by atoms with E-state index in [0.29, 0.717) is 18.7 Å². The second kappa shape index (κ2) is 9.15. The Kier molecular flexibility index (Phi) is 6.17. The van der Waals surface area contributed by atoms with Crippen LogP contribution < -0.4 is 5.32 Å². The number of pyridine rings is 1. The summed E-state index contributed by atoms with van der Waals surface area (Å²) in [5.74, 6) is -0.0754. The normalized spacial score (nSPS) is 15.6. The van der Waals surface area contributed by atoms with Crippen LogP contribution in [0, 0.1) is 0 Å². The van der Waals surface area contributed by atoms with E-state index in [-0.39, 0.29) is 5.91 Å². The molecule has 0 unspecified atom stereocenters. The standard InChI is InChI=1S/C22H28N6O/c1-26-10-12-27(13-11-26)9-5-8-23-22(29)20-14-19-16-25-28(21(19)24-15-20)17-18-6-3-2-4-7-18/h2-4,6-7,14-16H,5,8-13,17H2,1H3,(H,23,29). The predicted octanol–water partition coefficient (Wildman–Crippen LogP) is 1.85. The molecular formula is C22H28N6O. The van der Waals surface area contributed by atoms with Gasteiger partial charge in [0.15, 0.2) is 5.65 Å². The average Bonchev–Trinajstić information content (AvgIpc) is 3.15. The molecule has 0 atom stereocenters. The predicted molar refractivity (Wildman–Crippen MR) is 114 cm³/mol. The van der Waals surface area contributed by atoms with E-state index in [9.17, 15) is 4.79 Å². The summed E-state index contributed by atoms with van der Waals surface area (Å²) in [6.07, 6.45) is 4.37. The summed E-state index contributed by atoms with van der Waals surface area (Å²) in [6.45, 7) is 6.82. The molecule has 0 saturated carbocycles. The maximum atomic E-state index is 12.5. The maximum absolute atomic E-state index is 12.5. The lowest BCUT2D eigenvalue weighted by atomic mass is 10.2. The van der Waals surface area contributed by atoms with Gasteiger partial charge >= 0.3 is 0 Å². The van der Waals surface area contributed by atoms with Gasteiger partial charge in [0.05, 0.1) is 18.3 Å². The van der Waals surface area contributed by atoms with E-state index in [2.05, 4.69) is 44.4 Å². The third kappa shape index (κ3) is 4.99. The molecule has 1 saturated heterocycles. The van der Waals surface area contributed by atoms with Gasteiger partial charge in [-0.2, -0.15) is 5.10 Å². The molecule has 29 heavy (non-hydrogen) atoms. The van der Waals surface area contributed by atoms with Crippen LogP contribution in [0.1, 0.15) is 22.3 Å². The molecule has 0 radical (unpaired) electrons. The number of amides is 1. The summed E-state index contributed by atoms with van der Waals surface area (Å²) in [6, 6.07) is 12.0. The third-order valence-corrected chi connectivity index (χ3v) is 5.45. The highest BCUT2D eigenvalue weighted by Gasteiger charge is 2.14. The number of rotatable bonds is 7. The van der Waals surface area contributed by atoms with Crippen LogP contribution in [0.25, 0.3) is 11.0 Å². The fraction of sp³-hybridized carbons (Fsp3) is 0.409. The van der Waals surface area contributed by atoms with Crippen LogP contribution in [0.5, 0.6) is 0 Å². The van der Waals surface area contributed by atoms with E-state index < -0.39 is 0 Å². The van der Waals surface area contributed by atoms with Crippen LogP contribution in [0.3, 0.4) is 0 Å². The largest absolute Gasteiger partial charge is 0.352 e. The van der Waals surface area contributed by atoms with Crippen molar-refractivity contribution >= 4 is 16.9 Å². The number of nitrogens with one attached hydrogen (secondary N) is 1. The molecule has 0 bridgehead atoms. The number of likely N-dealkylation sites (N-methyl/N-ethyl adjacent to an activating group) is 1. The van der Waals surface area contributed by atoms with Gasteiger partial charge in [0.25, 0.3) is 5.91 Å². The molecule has 2 aromatic heterocycles. The van der Waals surface area contributed by atoms with Crippen molar-refractivity contribution < 1.29 is 4.79 Å². The molecule has 1 amide bonds. The Labute approximate surface area is 171 Å². The number of carbonyl (C=O) groups excluding carboxylic acids is 1. The molecule has 1 aliphatic rings. The number of carbonyl (C=O) groups is 1. The lowest BCUT2D eigenvalue weighted by Crippen LogP contribution is -2.45. The Morgan fingerprint density at radius 1 is 1.10 bits per heavy atom. The van der Waals surface area contributed by atoms with Gasteiger partial charge in [-0.25, -0.2) is 9.67 Å². The maximum Gasteiger partial charge on any atom is 0.252 e. The van der Waals surface area contributed by atoms with Crippen molar-refractivity contribution in [1.29, 1.82) is 0 Å². The summed E-state index contributed by atoms with van der Waals surface area (Å²) in [4.78, 5) is 21.8. The first kappa shape index (κ1) is 19.5. The van der Waals surface area contributed by atoms with Crippen LogP contribution in [-0.2, 0) is 6.54 Å². The molecule has 3 aromatic rings. The summed E-state index contributed by atoms with van der Waals surface area (Å²) in [5, 5.41) is 8.33. The highest BCUT2D eigenvalue weighted by Crippen LogP contribution is 2.14. The van der Waals surface area contributed by atoms with Gasteiger partial charge in [0.2, 0.25) is 0 Å². The molecule has 1 N–H and O–H groups in total. The van der Waals surface area contributed by atoms with Crippen molar-refractivity contribution in [3.05, 3.63) is 59.9 Å². The third-order valence-electron chi connectivity index (χ3n) is 5.45. The molecule has 0 spiro atoms. The van der Waals surface area contributed by atoms with Crippen molar-refractivity contribution in [3.8, 4) is 0 Å². The van der Waals surface area contributed by atoms with Crippen LogP contribution in [0.15, 0.2) is 48.8 Å². The van der Waals surface area contributed by atoms with E-state index in [1.807, 2.05) is 28.9 Å². The average molecular weight is 393 g/mol. The molecule has 152 valence electrons. The molecule has 3 heterocycles. The number of nitrogens with zero attached hydrogens (tertiary/aromatic N) is 5. The van der Waals surface area contributed by atoms with Gasteiger partial charge in [-0.1, -0.05) is 30.3 Å². The van der Waals surface area contributed by atoms with Crippen LogP contribution >= 0.6 is 0 Å². The van der Waals surface area contributed by atoms with Gasteiger partial charge in [0.1, 0.15) is 0 Å². The quantitative estimate of drug-likeness (QED) is 0.622. The Bertz CT molecular complexity index is 946. The van der Waals surface area contributed by atoms with Crippen molar-refractivity contribution in [2.24, 2.45) is 0 Å². The first-order valence-electron chi connectivity index (χ1n) is 10.2. The first-order valence-corrected chi connectivity index (χ1v) is 10.2. The zero-order chi connectivity index (χ0) is 20.1. The minimum absolute atomic E-state index is 0.0754. The number of aromatic nitrogens is 3. The number of fused-ring (bicyclic) bond motifs is 1. The second-order valence-electron chi connectivity index (χ2n) is 7.68. The lowest BCUT2D eigenvalue weighted by Gasteiger charge is -2.32. The summed E-state index contributed by atoms with van der Waals surface area (Å²) < 4.78 is 1.86. The van der Waals surface area contributed by atoms with E-state index in [1.165, 1.54) is 5.56 Å². The molecule has 1 aromatic carbocycles. The van der Waals surface area contributed by atoms with Gasteiger partial charge in [-0.05, 0) is 31.6 Å². The summed E-state index contributed by atoms with van der Waals surface area (Å²) in [5.41, 5.74) is 2.54. The molecule has 1 fully saturated rings. The van der Waals surface area contributed by atoms with Crippen LogP contribution in [-0.4, -0.2) is 76.8 Å². The molecule has 0 aliphatic carbocycles. The van der Waals surface area contributed by atoms with E-state index >= 15 is 0 Å². The molecule has 7 nitrogen and oxygen atoms in total. The molecule has 1 aliphatic heterocycles. The Morgan fingerprint density at radius 2 is 1.90 bits per heavy atom. The minimum Gasteiger partial charge on any atom is -0.352 e. The number of piperazine rings is 1. The minimum atomic E-state index is -0.0754. The Balaban J connectivity index is 1.30. The van der Waals surface area contributed by atoms with Crippen LogP contribution in [0.4, 0.5) is 0 Å². The van der Waals surface area contributed by atoms with Crippen molar-refractivity contribution in [2.75, 3.05) is 46.3 Å². The summed E-state index contributed by atoms with van der Waals surface area (Å²) in [7, 11) is 2.16. The van der Waals surface area contributed by atoms with Crippen LogP contribution in [0.2, 0.25) is 0 Å². The summed E-state index contributed by atoms with van der Waals surface area (Å²) >= 11 is 0. The lowest BCUT2D eigenvalue weighted by molar-refractivity contribution is 0.0949. The SMILES string of the molecule is CN1CCN(CCCNC(=O)c2cnc3c(cnn3Cc3ccccc3)c2)CC1. The highest BCUT2D eigenvalue weighted by molar-refractivity contribution is 5.96. The van der Waals surface area contributed by atoms with Crippen molar-refractivity contribution in [3.63, 3.8) is 0 Å². The topological polar surface area (TPSA) is 66.3 Å². The van der Waals surface area contributed by atoms with Gasteiger partial charge in [0, 0.05) is 44.3 Å². The number of benzene rings is 1. The van der Waals surface area contributed by atoms with Gasteiger partial charge < -0.3 is 15.1 Å². The molecule has 7 heteroatoms. The Hall–Kier alpha value is -2.77. The zero-order valence-electron chi connectivity index (χ0n) is 16.9. The smallest absolute Gasteiger partial charge is 0.252 e. The van der Waals surface area contributed by atoms with Crippen molar-refractivity contribution in [1.82, 2.24) is 29.9 Å². The highest BCUT2D eigenvalue weighted by atomic mass is 16.1. The number of hydrogen-bond donors (Lipinski definition) is 1. The van der Waals surface area contributed by atoms with Gasteiger partial charge in [-0.3, -0.25) is 4.79 Å². The van der Waals surface area contributed by atoms with E-state index in [4.69, 9.17) is 0 Å². The molecule has 4 rings (SSSR count). The van der Waals surface area contributed by atoms with Crippen molar-refractivity contribution in [2.45, 2.75) is 13.0 Å².